The third-order valence-corrected chi connectivity index (χ3v) is 6.96. The first-order chi connectivity index (χ1) is 13.2. The molecule has 3 aromatic rings. The van der Waals surface area contributed by atoms with Gasteiger partial charge in [-0.05, 0) is 30.2 Å². The zero-order chi connectivity index (χ0) is 18.6. The van der Waals surface area contributed by atoms with Crippen LogP contribution in [0.5, 0.6) is 0 Å². The molecule has 4 rings (SSSR count). The number of aryl methyl sites for hydroxylation is 1. The molecule has 0 bridgehead atoms. The highest BCUT2D eigenvalue weighted by molar-refractivity contribution is 8.00. The van der Waals surface area contributed by atoms with Gasteiger partial charge in [-0.1, -0.05) is 48.6 Å². The van der Waals surface area contributed by atoms with Crippen LogP contribution in [0.25, 0.3) is 10.2 Å². The van der Waals surface area contributed by atoms with Crippen molar-refractivity contribution in [2.24, 2.45) is 0 Å². The fraction of sp³-hybridized carbons (Fsp3) is 0.333. The van der Waals surface area contributed by atoms with Gasteiger partial charge in [0.15, 0.2) is 5.13 Å². The lowest BCUT2D eigenvalue weighted by atomic mass is 10.1. The van der Waals surface area contributed by atoms with Crippen LogP contribution in [0, 0.1) is 0 Å². The number of thioether (sulfide) groups is 1. The molecule has 1 aliphatic rings. The van der Waals surface area contributed by atoms with Crippen LogP contribution in [0.2, 0.25) is 0 Å². The van der Waals surface area contributed by atoms with Crippen LogP contribution in [0.4, 0.5) is 5.13 Å². The Morgan fingerprint density at radius 1 is 1.07 bits per heavy atom. The quantitative estimate of drug-likeness (QED) is 0.602. The van der Waals surface area contributed by atoms with Gasteiger partial charge in [0.05, 0.1) is 16.0 Å². The summed E-state index contributed by atoms with van der Waals surface area (Å²) < 4.78 is 1.25. The fourth-order valence-corrected chi connectivity index (χ4v) is 5.20. The van der Waals surface area contributed by atoms with Gasteiger partial charge in [0.2, 0.25) is 5.91 Å². The number of nitrogens with zero attached hydrogens (tertiary/aromatic N) is 3. The molecule has 0 radical (unpaired) electrons. The molecule has 1 aromatic heterocycles. The van der Waals surface area contributed by atoms with Crippen molar-refractivity contribution in [3.05, 3.63) is 54.1 Å². The second-order valence-electron chi connectivity index (χ2n) is 6.58. The lowest BCUT2D eigenvalue weighted by Crippen LogP contribution is -2.49. The van der Waals surface area contributed by atoms with E-state index in [2.05, 4.69) is 30.0 Å². The van der Waals surface area contributed by atoms with E-state index in [-0.39, 0.29) is 5.91 Å². The number of hydrogen-bond acceptors (Lipinski definition) is 5. The molecular formula is C21H23N3OS2. The number of fused-ring (bicyclic) bond motifs is 1. The summed E-state index contributed by atoms with van der Waals surface area (Å²) in [5, 5.41) is 1.08. The number of aromatic nitrogens is 1. The number of piperazine rings is 1. The maximum absolute atomic E-state index is 12.5. The Bertz CT molecular complexity index is 918. The number of carbonyl (C=O) groups is 1. The first-order valence-corrected chi connectivity index (χ1v) is 11.1. The normalized spacial score (nSPS) is 14.7. The van der Waals surface area contributed by atoms with E-state index in [1.165, 1.54) is 10.3 Å². The molecule has 140 valence electrons. The summed E-state index contributed by atoms with van der Waals surface area (Å²) >= 11 is 3.37. The van der Waals surface area contributed by atoms with Gasteiger partial charge >= 0.3 is 0 Å². The molecule has 27 heavy (non-hydrogen) atoms. The Kier molecular flexibility index (Phi) is 5.64. The SMILES string of the molecule is CCc1cccc2sc(N3CCN(C(=O)CSc4ccccc4)CC3)nc12. The van der Waals surface area contributed by atoms with Crippen LogP contribution >= 0.6 is 23.1 Å². The van der Waals surface area contributed by atoms with Crippen molar-refractivity contribution in [1.82, 2.24) is 9.88 Å². The molecule has 0 atom stereocenters. The molecule has 1 saturated heterocycles. The van der Waals surface area contributed by atoms with Gasteiger partial charge in [0.25, 0.3) is 0 Å². The smallest absolute Gasteiger partial charge is 0.233 e. The summed E-state index contributed by atoms with van der Waals surface area (Å²) in [6, 6.07) is 16.5. The van der Waals surface area contributed by atoms with E-state index in [1.54, 1.807) is 23.1 Å². The first kappa shape index (κ1) is 18.3. The lowest BCUT2D eigenvalue weighted by molar-refractivity contribution is -0.128. The number of amides is 1. The molecule has 1 amide bonds. The van der Waals surface area contributed by atoms with E-state index in [9.17, 15) is 4.79 Å². The highest BCUT2D eigenvalue weighted by atomic mass is 32.2. The number of rotatable bonds is 5. The summed E-state index contributed by atoms with van der Waals surface area (Å²) in [4.78, 5) is 22.8. The maximum atomic E-state index is 12.5. The molecule has 6 heteroatoms. The summed E-state index contributed by atoms with van der Waals surface area (Å²) in [6.45, 7) is 5.41. The van der Waals surface area contributed by atoms with Gasteiger partial charge < -0.3 is 9.80 Å². The van der Waals surface area contributed by atoms with E-state index < -0.39 is 0 Å². The van der Waals surface area contributed by atoms with Gasteiger partial charge in [-0.15, -0.1) is 11.8 Å². The van der Waals surface area contributed by atoms with Gasteiger partial charge in [-0.3, -0.25) is 4.79 Å². The average molecular weight is 398 g/mol. The summed E-state index contributed by atoms with van der Waals surface area (Å²) in [6.07, 6.45) is 1.00. The number of hydrogen-bond donors (Lipinski definition) is 0. The predicted octanol–water partition coefficient (Wildman–Crippen LogP) is 4.30. The molecular weight excluding hydrogens is 374 g/mol. The van der Waals surface area contributed by atoms with Crippen LogP contribution < -0.4 is 4.90 Å². The molecule has 0 saturated carbocycles. The Morgan fingerprint density at radius 2 is 1.85 bits per heavy atom. The molecule has 1 fully saturated rings. The minimum absolute atomic E-state index is 0.223. The Balaban J connectivity index is 1.35. The van der Waals surface area contributed by atoms with E-state index in [1.807, 2.05) is 35.2 Å². The molecule has 1 aliphatic heterocycles. The lowest BCUT2D eigenvalue weighted by Gasteiger charge is -2.34. The average Bonchev–Trinajstić information content (AvgIpc) is 3.17. The van der Waals surface area contributed by atoms with Crippen molar-refractivity contribution in [3.63, 3.8) is 0 Å². The van der Waals surface area contributed by atoms with Crippen molar-refractivity contribution in [2.75, 3.05) is 36.8 Å². The standard InChI is InChI=1S/C21H23N3OS2/c1-2-16-7-6-10-18-20(16)22-21(27-18)24-13-11-23(12-14-24)19(25)15-26-17-8-4-3-5-9-17/h3-10H,2,11-15H2,1H3. The van der Waals surface area contributed by atoms with E-state index >= 15 is 0 Å². The van der Waals surface area contributed by atoms with Crippen LogP contribution in [-0.2, 0) is 11.2 Å². The highest BCUT2D eigenvalue weighted by Gasteiger charge is 2.23. The fourth-order valence-electron chi connectivity index (χ4n) is 3.31. The third kappa shape index (κ3) is 4.12. The van der Waals surface area contributed by atoms with Crippen molar-refractivity contribution >= 4 is 44.4 Å². The minimum Gasteiger partial charge on any atom is -0.345 e. The Morgan fingerprint density at radius 3 is 2.59 bits per heavy atom. The second-order valence-corrected chi connectivity index (χ2v) is 8.64. The van der Waals surface area contributed by atoms with E-state index in [0.717, 1.165) is 48.1 Å². The molecule has 4 nitrogen and oxygen atoms in total. The molecule has 0 N–H and O–H groups in total. The first-order valence-electron chi connectivity index (χ1n) is 9.33. The van der Waals surface area contributed by atoms with Crippen molar-refractivity contribution in [2.45, 2.75) is 18.2 Å². The van der Waals surface area contributed by atoms with Gasteiger partial charge in [0, 0.05) is 31.1 Å². The zero-order valence-electron chi connectivity index (χ0n) is 15.4. The zero-order valence-corrected chi connectivity index (χ0v) is 17.1. The summed E-state index contributed by atoms with van der Waals surface area (Å²) in [5.74, 6) is 0.728. The predicted molar refractivity (Wildman–Crippen MR) is 115 cm³/mol. The molecule has 2 aromatic carbocycles. The summed E-state index contributed by atoms with van der Waals surface area (Å²) in [7, 11) is 0. The van der Waals surface area contributed by atoms with Gasteiger partial charge in [-0.2, -0.15) is 0 Å². The summed E-state index contributed by atoms with van der Waals surface area (Å²) in [5.41, 5.74) is 2.44. The number of anilines is 1. The van der Waals surface area contributed by atoms with Crippen molar-refractivity contribution in [1.29, 1.82) is 0 Å². The van der Waals surface area contributed by atoms with Gasteiger partial charge in [-0.25, -0.2) is 4.98 Å². The number of para-hydroxylation sites is 1. The van der Waals surface area contributed by atoms with E-state index in [0.29, 0.717) is 5.75 Å². The number of carbonyl (C=O) groups excluding carboxylic acids is 1. The van der Waals surface area contributed by atoms with E-state index in [4.69, 9.17) is 4.98 Å². The van der Waals surface area contributed by atoms with Gasteiger partial charge in [0.1, 0.15) is 0 Å². The van der Waals surface area contributed by atoms with Crippen molar-refractivity contribution in [3.8, 4) is 0 Å². The molecule has 0 aliphatic carbocycles. The molecule has 0 unspecified atom stereocenters. The number of thiazole rings is 1. The third-order valence-electron chi connectivity index (χ3n) is 4.88. The van der Waals surface area contributed by atoms with Crippen LogP contribution in [0.15, 0.2) is 53.4 Å². The van der Waals surface area contributed by atoms with Crippen LogP contribution in [-0.4, -0.2) is 47.7 Å². The second kappa shape index (κ2) is 8.31. The number of benzene rings is 2. The monoisotopic (exact) mass is 397 g/mol. The largest absolute Gasteiger partial charge is 0.345 e. The Hall–Kier alpha value is -2.05. The van der Waals surface area contributed by atoms with Crippen LogP contribution in [0.1, 0.15) is 12.5 Å². The topological polar surface area (TPSA) is 36.4 Å². The minimum atomic E-state index is 0.223. The van der Waals surface area contributed by atoms with Crippen molar-refractivity contribution < 1.29 is 4.79 Å². The molecule has 2 heterocycles. The maximum Gasteiger partial charge on any atom is 0.233 e. The molecule has 0 spiro atoms. The van der Waals surface area contributed by atoms with Crippen LogP contribution in [0.3, 0.4) is 0 Å². The Labute approximate surface area is 168 Å². The highest BCUT2D eigenvalue weighted by Crippen LogP contribution is 2.31.